The van der Waals surface area contributed by atoms with Gasteiger partial charge in [0.2, 0.25) is 0 Å². The van der Waals surface area contributed by atoms with E-state index >= 15 is 0 Å². The predicted molar refractivity (Wildman–Crippen MR) is 74.7 cm³/mol. The number of nitrogens with zero attached hydrogens (tertiary/aromatic N) is 1. The minimum Gasteiger partial charge on any atom is -0.492 e. The van der Waals surface area contributed by atoms with Gasteiger partial charge in [0.05, 0.1) is 22.7 Å². The minimum absolute atomic E-state index is 0.112. The number of carbonyl (C=O) groups is 1. The molecular weight excluding hydrogens is 274 g/mol. The van der Waals surface area contributed by atoms with E-state index in [2.05, 4.69) is 0 Å². The molecule has 21 heavy (non-hydrogen) atoms. The lowest BCUT2D eigenvalue weighted by Crippen LogP contribution is -2.00. The molecular formula is C15H11NO5. The molecule has 6 heteroatoms. The molecule has 0 unspecified atom stereocenters. The Labute approximate surface area is 119 Å². The fourth-order valence-corrected chi connectivity index (χ4v) is 2.47. The Morgan fingerprint density at radius 1 is 1.24 bits per heavy atom. The zero-order chi connectivity index (χ0) is 15.0. The largest absolute Gasteiger partial charge is 0.492 e. The van der Waals surface area contributed by atoms with Gasteiger partial charge in [-0.05, 0) is 17.7 Å². The maximum Gasteiger partial charge on any atom is 0.335 e. The summed E-state index contributed by atoms with van der Waals surface area (Å²) in [5.41, 5.74) is 1.64. The van der Waals surface area contributed by atoms with Crippen molar-refractivity contribution in [1.29, 1.82) is 0 Å². The smallest absolute Gasteiger partial charge is 0.335 e. The molecule has 1 aliphatic rings. The highest BCUT2D eigenvalue weighted by Gasteiger charge is 2.24. The molecule has 0 saturated carbocycles. The maximum absolute atomic E-state index is 11.2. The number of carboxylic acid groups (broad SMARTS) is 1. The number of nitro groups is 1. The molecule has 0 amide bonds. The van der Waals surface area contributed by atoms with E-state index in [1.54, 1.807) is 6.07 Å². The summed E-state index contributed by atoms with van der Waals surface area (Å²) >= 11 is 0. The number of aromatic carboxylic acids is 1. The van der Waals surface area contributed by atoms with Crippen LogP contribution in [-0.2, 0) is 6.42 Å². The highest BCUT2D eigenvalue weighted by Crippen LogP contribution is 2.40. The van der Waals surface area contributed by atoms with Crippen molar-refractivity contribution >= 4 is 11.7 Å². The van der Waals surface area contributed by atoms with E-state index in [1.807, 2.05) is 12.1 Å². The van der Waals surface area contributed by atoms with Crippen LogP contribution in [0.4, 0.5) is 5.69 Å². The van der Waals surface area contributed by atoms with Crippen LogP contribution < -0.4 is 4.74 Å². The minimum atomic E-state index is -1.20. The van der Waals surface area contributed by atoms with Gasteiger partial charge in [0.15, 0.2) is 0 Å². The van der Waals surface area contributed by atoms with Gasteiger partial charge >= 0.3 is 5.97 Å². The summed E-state index contributed by atoms with van der Waals surface area (Å²) in [5.74, 6) is -0.553. The standard InChI is InChI=1S/C15H11NO5/c17-15(18)10-4-5-11(13(8-10)16(19)20)12-3-1-2-9-6-7-21-14(9)12/h1-5,8H,6-7H2,(H,17,18). The molecule has 0 saturated heterocycles. The molecule has 0 spiro atoms. The first-order chi connectivity index (χ1) is 10.1. The lowest BCUT2D eigenvalue weighted by atomic mass is 9.98. The lowest BCUT2D eigenvalue weighted by molar-refractivity contribution is -0.384. The zero-order valence-electron chi connectivity index (χ0n) is 10.9. The van der Waals surface area contributed by atoms with Crippen molar-refractivity contribution in [2.75, 3.05) is 6.61 Å². The Hall–Kier alpha value is -2.89. The van der Waals surface area contributed by atoms with Crippen molar-refractivity contribution < 1.29 is 19.6 Å². The van der Waals surface area contributed by atoms with Gasteiger partial charge in [-0.25, -0.2) is 4.79 Å². The maximum atomic E-state index is 11.2. The first kappa shape index (κ1) is 13.1. The van der Waals surface area contributed by atoms with Gasteiger partial charge in [0, 0.05) is 18.1 Å². The number of nitro benzene ring substituents is 1. The summed E-state index contributed by atoms with van der Waals surface area (Å²) < 4.78 is 5.56. The predicted octanol–water partition coefficient (Wildman–Crippen LogP) is 2.89. The van der Waals surface area contributed by atoms with Gasteiger partial charge in [0.1, 0.15) is 5.75 Å². The van der Waals surface area contributed by atoms with E-state index < -0.39 is 10.9 Å². The number of hydrogen-bond acceptors (Lipinski definition) is 4. The Morgan fingerprint density at radius 3 is 2.76 bits per heavy atom. The van der Waals surface area contributed by atoms with Crippen LogP contribution in [0.2, 0.25) is 0 Å². The monoisotopic (exact) mass is 285 g/mol. The Balaban J connectivity index is 2.21. The van der Waals surface area contributed by atoms with E-state index in [0.29, 0.717) is 23.5 Å². The number of carboxylic acids is 1. The van der Waals surface area contributed by atoms with Crippen molar-refractivity contribution in [3.63, 3.8) is 0 Å². The average molecular weight is 285 g/mol. The van der Waals surface area contributed by atoms with E-state index in [0.717, 1.165) is 18.1 Å². The fourth-order valence-electron chi connectivity index (χ4n) is 2.47. The number of hydrogen-bond donors (Lipinski definition) is 1. The molecule has 0 atom stereocenters. The molecule has 1 heterocycles. The van der Waals surface area contributed by atoms with Crippen LogP contribution in [0.25, 0.3) is 11.1 Å². The third-order valence-corrected chi connectivity index (χ3v) is 3.45. The molecule has 0 bridgehead atoms. The molecule has 0 aliphatic carbocycles. The third-order valence-electron chi connectivity index (χ3n) is 3.45. The third kappa shape index (κ3) is 2.20. The molecule has 3 rings (SSSR count). The summed E-state index contributed by atoms with van der Waals surface area (Å²) in [5, 5.41) is 20.2. The molecule has 0 aromatic heterocycles. The van der Waals surface area contributed by atoms with Crippen molar-refractivity contribution in [1.82, 2.24) is 0 Å². The van der Waals surface area contributed by atoms with Gasteiger partial charge < -0.3 is 9.84 Å². The average Bonchev–Trinajstić information content (AvgIpc) is 2.94. The molecule has 2 aromatic rings. The van der Waals surface area contributed by atoms with Crippen molar-refractivity contribution in [3.8, 4) is 16.9 Å². The van der Waals surface area contributed by atoms with Crippen LogP contribution >= 0.6 is 0 Å². The van der Waals surface area contributed by atoms with Crippen LogP contribution in [0, 0.1) is 10.1 Å². The van der Waals surface area contributed by atoms with Crippen LogP contribution in [-0.4, -0.2) is 22.6 Å². The zero-order valence-corrected chi connectivity index (χ0v) is 10.9. The number of para-hydroxylation sites is 1. The lowest BCUT2D eigenvalue weighted by Gasteiger charge is -2.09. The normalized spacial score (nSPS) is 12.6. The number of fused-ring (bicyclic) bond motifs is 1. The van der Waals surface area contributed by atoms with E-state index in [4.69, 9.17) is 9.84 Å². The van der Waals surface area contributed by atoms with Gasteiger partial charge in [0.25, 0.3) is 5.69 Å². The highest BCUT2D eigenvalue weighted by atomic mass is 16.6. The summed E-state index contributed by atoms with van der Waals surface area (Å²) in [6.07, 6.45) is 0.768. The van der Waals surface area contributed by atoms with Crippen molar-refractivity contribution in [2.45, 2.75) is 6.42 Å². The van der Waals surface area contributed by atoms with Gasteiger partial charge in [-0.2, -0.15) is 0 Å². The molecule has 0 fully saturated rings. The molecule has 1 N–H and O–H groups in total. The second kappa shape index (κ2) is 4.90. The molecule has 2 aromatic carbocycles. The molecule has 0 radical (unpaired) electrons. The van der Waals surface area contributed by atoms with Crippen LogP contribution in [0.3, 0.4) is 0 Å². The Morgan fingerprint density at radius 2 is 2.05 bits per heavy atom. The van der Waals surface area contributed by atoms with E-state index in [1.165, 1.54) is 12.1 Å². The first-order valence-electron chi connectivity index (χ1n) is 6.34. The van der Waals surface area contributed by atoms with E-state index in [9.17, 15) is 14.9 Å². The SMILES string of the molecule is O=C(O)c1ccc(-c2cccc3c2OCC3)c([N+](=O)[O-])c1. The number of benzene rings is 2. The summed E-state index contributed by atoms with van der Waals surface area (Å²) in [4.78, 5) is 21.6. The second-order valence-electron chi connectivity index (χ2n) is 4.69. The van der Waals surface area contributed by atoms with Crippen LogP contribution in [0.15, 0.2) is 36.4 Å². The van der Waals surface area contributed by atoms with Crippen LogP contribution in [0.5, 0.6) is 5.75 Å². The number of ether oxygens (including phenoxy) is 1. The molecule has 1 aliphatic heterocycles. The van der Waals surface area contributed by atoms with Gasteiger partial charge in [-0.1, -0.05) is 18.2 Å². The summed E-state index contributed by atoms with van der Waals surface area (Å²) in [6, 6.07) is 9.37. The molecule has 106 valence electrons. The molecule has 6 nitrogen and oxygen atoms in total. The highest BCUT2D eigenvalue weighted by molar-refractivity contribution is 5.91. The quantitative estimate of drug-likeness (QED) is 0.691. The summed E-state index contributed by atoms with van der Waals surface area (Å²) in [7, 11) is 0. The topological polar surface area (TPSA) is 89.7 Å². The fraction of sp³-hybridized carbons (Fsp3) is 0.133. The Bertz CT molecular complexity index is 754. The summed E-state index contributed by atoms with van der Waals surface area (Å²) in [6.45, 7) is 0.549. The Kier molecular flexibility index (Phi) is 3.06. The van der Waals surface area contributed by atoms with Crippen molar-refractivity contribution in [3.05, 3.63) is 57.6 Å². The van der Waals surface area contributed by atoms with E-state index in [-0.39, 0.29) is 11.3 Å². The van der Waals surface area contributed by atoms with Gasteiger partial charge in [-0.3, -0.25) is 10.1 Å². The van der Waals surface area contributed by atoms with Gasteiger partial charge in [-0.15, -0.1) is 0 Å². The second-order valence-corrected chi connectivity index (χ2v) is 4.69. The van der Waals surface area contributed by atoms with Crippen molar-refractivity contribution in [2.24, 2.45) is 0 Å². The number of rotatable bonds is 3. The first-order valence-corrected chi connectivity index (χ1v) is 6.34. The van der Waals surface area contributed by atoms with Crippen LogP contribution in [0.1, 0.15) is 15.9 Å².